The molecule has 0 fully saturated rings. The number of rotatable bonds is 2. The van der Waals surface area contributed by atoms with Gasteiger partial charge in [0.1, 0.15) is 5.52 Å². The Kier molecular flexibility index (Phi) is 2.19. The maximum Gasteiger partial charge on any atom is 0.389 e. The lowest BCUT2D eigenvalue weighted by atomic mass is 10.2. The number of carbonyl (C=O) groups is 1. The van der Waals surface area contributed by atoms with Crippen molar-refractivity contribution in [2.24, 2.45) is 0 Å². The van der Waals surface area contributed by atoms with Crippen molar-refractivity contribution in [3.63, 3.8) is 0 Å². The van der Waals surface area contributed by atoms with Crippen LogP contribution in [0.5, 0.6) is 0 Å². The molecule has 0 aliphatic carbocycles. The van der Waals surface area contributed by atoms with Gasteiger partial charge in [-0.1, -0.05) is 6.07 Å². The molecule has 0 bridgehead atoms. The maximum absolute atomic E-state index is 11.4. The van der Waals surface area contributed by atoms with Gasteiger partial charge in [-0.3, -0.25) is 9.20 Å². The van der Waals surface area contributed by atoms with Gasteiger partial charge in [-0.2, -0.15) is 0 Å². The van der Waals surface area contributed by atoms with E-state index in [0.717, 1.165) is 0 Å². The minimum atomic E-state index is -0.549. The summed E-state index contributed by atoms with van der Waals surface area (Å²) in [5.74, 6) is 0.0640. The number of pyridine rings is 1. The van der Waals surface area contributed by atoms with Gasteiger partial charge in [0.2, 0.25) is 5.82 Å². The van der Waals surface area contributed by atoms with E-state index < -0.39 is 4.92 Å². The second-order valence-corrected chi connectivity index (χ2v) is 3.43. The number of hydrogen-bond donors (Lipinski definition) is 0. The predicted molar refractivity (Wildman–Crippen MR) is 56.6 cm³/mol. The number of carbonyl (C=O) groups excluding carboxylic acids is 1. The summed E-state index contributed by atoms with van der Waals surface area (Å²) in [5.41, 5.74) is 0.741. The molecule has 0 radical (unpaired) electrons. The summed E-state index contributed by atoms with van der Waals surface area (Å²) in [6, 6.07) is 4.80. The molecule has 6 nitrogen and oxygen atoms in total. The molecule has 0 N–H and O–H groups in total. The van der Waals surface area contributed by atoms with Crippen LogP contribution in [0, 0.1) is 17.0 Å². The predicted octanol–water partition coefficient (Wildman–Crippen LogP) is 1.75. The van der Waals surface area contributed by atoms with E-state index in [1.165, 1.54) is 11.3 Å². The van der Waals surface area contributed by atoms with Crippen molar-refractivity contribution in [1.29, 1.82) is 0 Å². The second-order valence-electron chi connectivity index (χ2n) is 3.43. The highest BCUT2D eigenvalue weighted by Crippen LogP contribution is 2.21. The standard InChI is InChI=1S/C10H9N3O3/c1-6(14)8-4-3-5-9-10(13(15)16)11-7(2)12(8)9/h3-5H,1-2H3. The fourth-order valence-electron chi connectivity index (χ4n) is 1.70. The third-order valence-corrected chi connectivity index (χ3v) is 2.34. The third-order valence-electron chi connectivity index (χ3n) is 2.34. The number of hydrogen-bond acceptors (Lipinski definition) is 4. The average molecular weight is 219 g/mol. The number of aromatic nitrogens is 2. The summed E-state index contributed by atoms with van der Waals surface area (Å²) in [4.78, 5) is 25.4. The summed E-state index contributed by atoms with van der Waals surface area (Å²) >= 11 is 0. The monoisotopic (exact) mass is 219 g/mol. The highest BCUT2D eigenvalue weighted by molar-refractivity contribution is 5.93. The van der Waals surface area contributed by atoms with E-state index in [1.54, 1.807) is 25.1 Å². The molecule has 0 spiro atoms. The molecule has 0 saturated carbocycles. The lowest BCUT2D eigenvalue weighted by molar-refractivity contribution is -0.387. The highest BCUT2D eigenvalue weighted by atomic mass is 16.6. The fraction of sp³-hybridized carbons (Fsp3) is 0.200. The van der Waals surface area contributed by atoms with Gasteiger partial charge in [0.05, 0.1) is 5.69 Å². The van der Waals surface area contributed by atoms with Gasteiger partial charge in [-0.15, -0.1) is 0 Å². The number of nitro groups is 1. The van der Waals surface area contributed by atoms with Crippen molar-refractivity contribution in [1.82, 2.24) is 9.38 Å². The minimum absolute atomic E-state index is 0.152. The molecule has 2 heterocycles. The van der Waals surface area contributed by atoms with Crippen LogP contribution in [-0.4, -0.2) is 20.1 Å². The molecule has 0 unspecified atom stereocenters. The zero-order valence-electron chi connectivity index (χ0n) is 8.80. The van der Waals surface area contributed by atoms with Gasteiger partial charge in [-0.25, -0.2) is 0 Å². The first kappa shape index (κ1) is 10.3. The van der Waals surface area contributed by atoms with Crippen LogP contribution in [0.4, 0.5) is 5.82 Å². The van der Waals surface area contributed by atoms with Gasteiger partial charge in [0, 0.05) is 13.8 Å². The number of fused-ring (bicyclic) bond motifs is 1. The lowest BCUT2D eigenvalue weighted by Gasteiger charge is -2.00. The number of aryl methyl sites for hydroxylation is 1. The highest BCUT2D eigenvalue weighted by Gasteiger charge is 2.21. The summed E-state index contributed by atoms with van der Waals surface area (Å²) < 4.78 is 1.50. The quantitative estimate of drug-likeness (QED) is 0.438. The smallest absolute Gasteiger partial charge is 0.358 e. The Morgan fingerprint density at radius 3 is 2.75 bits per heavy atom. The van der Waals surface area contributed by atoms with Gasteiger partial charge in [0.25, 0.3) is 0 Å². The van der Waals surface area contributed by atoms with Gasteiger partial charge in [-0.05, 0) is 22.0 Å². The molecule has 2 aromatic heterocycles. The molecule has 16 heavy (non-hydrogen) atoms. The molecule has 82 valence electrons. The van der Waals surface area contributed by atoms with Crippen molar-refractivity contribution in [3.05, 3.63) is 39.8 Å². The first-order valence-corrected chi connectivity index (χ1v) is 4.65. The molecule has 2 aromatic rings. The van der Waals surface area contributed by atoms with E-state index in [1.807, 2.05) is 0 Å². The zero-order valence-corrected chi connectivity index (χ0v) is 8.80. The van der Waals surface area contributed by atoms with Crippen LogP contribution in [-0.2, 0) is 0 Å². The SMILES string of the molecule is CC(=O)c1cccc2c([N+](=O)[O-])nc(C)n12. The zero-order chi connectivity index (χ0) is 11.9. The van der Waals surface area contributed by atoms with Crippen LogP contribution in [0.2, 0.25) is 0 Å². The van der Waals surface area contributed by atoms with E-state index in [0.29, 0.717) is 17.0 Å². The molecule has 0 saturated heterocycles. The van der Waals surface area contributed by atoms with Crippen molar-refractivity contribution in [3.8, 4) is 0 Å². The summed E-state index contributed by atoms with van der Waals surface area (Å²) in [5, 5.41) is 10.8. The molecule has 0 atom stereocenters. The average Bonchev–Trinajstić information content (AvgIpc) is 2.56. The van der Waals surface area contributed by atoms with E-state index in [4.69, 9.17) is 0 Å². The normalized spacial score (nSPS) is 10.6. The van der Waals surface area contributed by atoms with Crippen LogP contribution >= 0.6 is 0 Å². The Balaban J connectivity index is 2.90. The van der Waals surface area contributed by atoms with Crippen LogP contribution in [0.15, 0.2) is 18.2 Å². The summed E-state index contributed by atoms with van der Waals surface area (Å²) in [7, 11) is 0. The van der Waals surface area contributed by atoms with E-state index in [9.17, 15) is 14.9 Å². The number of nitrogens with zero attached hydrogens (tertiary/aromatic N) is 3. The van der Waals surface area contributed by atoms with Crippen LogP contribution in [0.1, 0.15) is 23.2 Å². The Morgan fingerprint density at radius 1 is 1.50 bits per heavy atom. The van der Waals surface area contributed by atoms with E-state index in [2.05, 4.69) is 4.98 Å². The fourth-order valence-corrected chi connectivity index (χ4v) is 1.70. The number of imidazole rings is 1. The minimum Gasteiger partial charge on any atom is -0.358 e. The van der Waals surface area contributed by atoms with Crippen LogP contribution in [0.25, 0.3) is 5.52 Å². The first-order valence-electron chi connectivity index (χ1n) is 4.65. The Labute approximate surface area is 90.7 Å². The van der Waals surface area contributed by atoms with Crippen molar-refractivity contribution < 1.29 is 9.72 Å². The Hall–Kier alpha value is -2.24. The topological polar surface area (TPSA) is 77.5 Å². The van der Waals surface area contributed by atoms with Crippen molar-refractivity contribution in [2.75, 3.05) is 0 Å². The Bertz CT molecular complexity index is 601. The summed E-state index contributed by atoms with van der Waals surface area (Å²) in [6.45, 7) is 3.05. The van der Waals surface area contributed by atoms with Gasteiger partial charge < -0.3 is 10.1 Å². The molecule has 0 aliphatic heterocycles. The molecular weight excluding hydrogens is 210 g/mol. The van der Waals surface area contributed by atoms with E-state index >= 15 is 0 Å². The summed E-state index contributed by atoms with van der Waals surface area (Å²) in [6.07, 6.45) is 0. The Morgan fingerprint density at radius 2 is 2.19 bits per heavy atom. The van der Waals surface area contributed by atoms with Crippen molar-refractivity contribution in [2.45, 2.75) is 13.8 Å². The van der Waals surface area contributed by atoms with Gasteiger partial charge >= 0.3 is 5.82 Å². The molecule has 0 amide bonds. The maximum atomic E-state index is 11.4. The van der Waals surface area contributed by atoms with Crippen LogP contribution < -0.4 is 0 Å². The largest absolute Gasteiger partial charge is 0.389 e. The number of ketones is 1. The van der Waals surface area contributed by atoms with Gasteiger partial charge in [0.15, 0.2) is 5.78 Å². The van der Waals surface area contributed by atoms with Crippen molar-refractivity contribution >= 4 is 17.1 Å². The number of Topliss-reactive ketones (excluding diaryl/α,β-unsaturated/α-hetero) is 1. The first-order chi connectivity index (χ1) is 7.52. The second kappa shape index (κ2) is 3.41. The lowest BCUT2D eigenvalue weighted by Crippen LogP contribution is -2.03. The molecular formula is C10H9N3O3. The molecule has 0 aromatic carbocycles. The molecule has 2 rings (SSSR count). The van der Waals surface area contributed by atoms with E-state index in [-0.39, 0.29) is 11.6 Å². The van der Waals surface area contributed by atoms with Crippen LogP contribution in [0.3, 0.4) is 0 Å². The third kappa shape index (κ3) is 1.35. The molecule has 0 aliphatic rings. The molecule has 6 heteroatoms.